The highest BCUT2D eigenvalue weighted by molar-refractivity contribution is 5.92. The largest absolute Gasteiger partial charge is 0.456 e. The minimum Gasteiger partial charge on any atom is -0.456 e. The van der Waals surface area contributed by atoms with E-state index >= 15 is 0 Å². The molecule has 1 amide bonds. The minimum atomic E-state index is -4.53. The van der Waals surface area contributed by atoms with Gasteiger partial charge in [0.15, 0.2) is 5.76 Å². The number of aryl methyl sites for hydroxylation is 1. The summed E-state index contributed by atoms with van der Waals surface area (Å²) >= 11 is 0. The van der Waals surface area contributed by atoms with E-state index in [1.54, 1.807) is 13.0 Å². The lowest BCUT2D eigenvalue weighted by atomic mass is 9.97. The number of carbonyl (C=O) groups is 1. The molecule has 128 valence electrons. The Morgan fingerprint density at radius 2 is 1.96 bits per heavy atom. The highest BCUT2D eigenvalue weighted by Gasteiger charge is 2.42. The fourth-order valence-electron chi connectivity index (χ4n) is 3.07. The quantitative estimate of drug-likeness (QED) is 0.910. The van der Waals surface area contributed by atoms with Crippen LogP contribution in [0.1, 0.15) is 39.9 Å². The molecule has 2 heterocycles. The van der Waals surface area contributed by atoms with Crippen LogP contribution in [0.3, 0.4) is 0 Å². The van der Waals surface area contributed by atoms with Crippen molar-refractivity contribution in [1.82, 2.24) is 4.90 Å². The van der Waals surface area contributed by atoms with Crippen LogP contribution < -0.4 is 0 Å². The summed E-state index contributed by atoms with van der Waals surface area (Å²) in [6, 6.07) is 7.37. The number of furan rings is 1. The average molecular weight is 339 g/mol. The standard InChI is InChI=1S/C17H16F3NO3/c1-10-6-7-15(24-10)16(23)21-9-11(22)8-14(21)12-4-2-3-5-13(12)17(18,19)20/h2-7,11,14,22H,8-9H2,1H3/t11-,14-/m0/s1. The topological polar surface area (TPSA) is 53.7 Å². The molecule has 1 aromatic heterocycles. The van der Waals surface area contributed by atoms with Gasteiger partial charge in [0, 0.05) is 6.54 Å². The van der Waals surface area contributed by atoms with E-state index < -0.39 is 29.8 Å². The Kier molecular flexibility index (Phi) is 4.13. The summed E-state index contributed by atoms with van der Waals surface area (Å²) in [5.74, 6) is 0.0584. The number of carbonyl (C=O) groups excluding carboxylic acids is 1. The molecule has 0 saturated carbocycles. The van der Waals surface area contributed by atoms with Gasteiger partial charge in [-0.15, -0.1) is 0 Å². The molecular weight excluding hydrogens is 323 g/mol. The summed E-state index contributed by atoms with van der Waals surface area (Å²) in [5, 5.41) is 9.92. The molecule has 0 radical (unpaired) electrons. The van der Waals surface area contributed by atoms with Gasteiger partial charge in [-0.3, -0.25) is 4.79 Å². The Labute approximate surface area is 136 Å². The normalized spacial score (nSPS) is 21.3. The molecule has 7 heteroatoms. The van der Waals surface area contributed by atoms with Crippen molar-refractivity contribution >= 4 is 5.91 Å². The van der Waals surface area contributed by atoms with Gasteiger partial charge in [0.1, 0.15) is 5.76 Å². The molecule has 0 aliphatic carbocycles. The smallest absolute Gasteiger partial charge is 0.416 e. The van der Waals surface area contributed by atoms with Crippen LogP contribution in [0.5, 0.6) is 0 Å². The van der Waals surface area contributed by atoms with Crippen molar-refractivity contribution < 1.29 is 27.5 Å². The summed E-state index contributed by atoms with van der Waals surface area (Å²) in [6.07, 6.45) is -5.35. The number of β-amino-alcohol motifs (C(OH)–C–C–N with tert-alkyl or cyclic N) is 1. The molecule has 24 heavy (non-hydrogen) atoms. The van der Waals surface area contributed by atoms with E-state index in [1.165, 1.54) is 29.2 Å². The lowest BCUT2D eigenvalue weighted by Gasteiger charge is -2.26. The van der Waals surface area contributed by atoms with E-state index in [1.807, 2.05) is 0 Å². The van der Waals surface area contributed by atoms with Gasteiger partial charge < -0.3 is 14.4 Å². The third-order valence-electron chi connectivity index (χ3n) is 4.12. The van der Waals surface area contributed by atoms with E-state index in [4.69, 9.17) is 4.42 Å². The second-order valence-corrected chi connectivity index (χ2v) is 5.86. The summed E-state index contributed by atoms with van der Waals surface area (Å²) in [4.78, 5) is 13.8. The maximum Gasteiger partial charge on any atom is 0.416 e. The maximum absolute atomic E-state index is 13.3. The zero-order chi connectivity index (χ0) is 17.5. The maximum atomic E-state index is 13.3. The molecule has 1 saturated heterocycles. The summed E-state index contributed by atoms with van der Waals surface area (Å²) < 4.78 is 45.1. The summed E-state index contributed by atoms with van der Waals surface area (Å²) in [6.45, 7) is 1.64. The van der Waals surface area contributed by atoms with Gasteiger partial charge in [-0.1, -0.05) is 18.2 Å². The van der Waals surface area contributed by atoms with Gasteiger partial charge in [0.25, 0.3) is 5.91 Å². The van der Waals surface area contributed by atoms with Crippen LogP contribution in [-0.2, 0) is 6.18 Å². The first-order valence-electron chi connectivity index (χ1n) is 7.49. The van der Waals surface area contributed by atoms with E-state index in [0.717, 1.165) is 6.07 Å². The molecule has 0 spiro atoms. The van der Waals surface area contributed by atoms with Crippen LogP contribution in [0, 0.1) is 6.92 Å². The number of likely N-dealkylation sites (tertiary alicyclic amines) is 1. The molecule has 1 aromatic carbocycles. The molecular formula is C17H16F3NO3. The van der Waals surface area contributed by atoms with E-state index in [0.29, 0.717) is 5.76 Å². The number of amides is 1. The van der Waals surface area contributed by atoms with Crippen LogP contribution in [-0.4, -0.2) is 28.6 Å². The molecule has 3 rings (SSSR count). The Morgan fingerprint density at radius 3 is 2.58 bits per heavy atom. The van der Waals surface area contributed by atoms with Gasteiger partial charge in [0.2, 0.25) is 0 Å². The van der Waals surface area contributed by atoms with Crippen LogP contribution in [0.4, 0.5) is 13.2 Å². The van der Waals surface area contributed by atoms with Crippen LogP contribution in [0.15, 0.2) is 40.8 Å². The first kappa shape index (κ1) is 16.6. The third-order valence-corrected chi connectivity index (χ3v) is 4.12. The Bertz CT molecular complexity index is 754. The number of alkyl halides is 3. The number of nitrogens with zero attached hydrogens (tertiary/aromatic N) is 1. The summed E-state index contributed by atoms with van der Waals surface area (Å²) in [7, 11) is 0. The van der Waals surface area contributed by atoms with Crippen molar-refractivity contribution in [1.29, 1.82) is 0 Å². The van der Waals surface area contributed by atoms with Gasteiger partial charge >= 0.3 is 6.18 Å². The average Bonchev–Trinajstić information content (AvgIpc) is 3.12. The number of hydrogen-bond donors (Lipinski definition) is 1. The number of benzene rings is 1. The van der Waals surface area contributed by atoms with Gasteiger partial charge in [-0.05, 0) is 37.1 Å². The Hall–Kier alpha value is -2.28. The van der Waals surface area contributed by atoms with Crippen molar-refractivity contribution in [2.75, 3.05) is 6.54 Å². The first-order chi connectivity index (χ1) is 11.3. The number of halogens is 3. The van der Waals surface area contributed by atoms with Crippen LogP contribution >= 0.6 is 0 Å². The predicted octanol–water partition coefficient (Wildman–Crippen LogP) is 3.55. The zero-order valence-electron chi connectivity index (χ0n) is 12.9. The molecule has 1 aliphatic rings. The predicted molar refractivity (Wildman–Crippen MR) is 79.3 cm³/mol. The molecule has 4 nitrogen and oxygen atoms in total. The SMILES string of the molecule is Cc1ccc(C(=O)N2C[C@@H](O)C[C@H]2c2ccccc2C(F)(F)F)o1. The van der Waals surface area contributed by atoms with E-state index in [9.17, 15) is 23.1 Å². The van der Waals surface area contributed by atoms with Crippen molar-refractivity contribution in [3.63, 3.8) is 0 Å². The molecule has 1 aliphatic heterocycles. The Balaban J connectivity index is 1.99. The number of aliphatic hydroxyl groups is 1. The van der Waals surface area contributed by atoms with Gasteiger partial charge in [0.05, 0.1) is 17.7 Å². The number of aliphatic hydroxyl groups excluding tert-OH is 1. The zero-order valence-corrected chi connectivity index (χ0v) is 12.9. The monoisotopic (exact) mass is 339 g/mol. The Morgan fingerprint density at radius 1 is 1.25 bits per heavy atom. The molecule has 2 atom stereocenters. The van der Waals surface area contributed by atoms with E-state index in [-0.39, 0.29) is 24.3 Å². The minimum absolute atomic E-state index is 0.0156. The second-order valence-electron chi connectivity index (χ2n) is 5.86. The first-order valence-corrected chi connectivity index (χ1v) is 7.49. The molecule has 1 N–H and O–H groups in total. The van der Waals surface area contributed by atoms with Gasteiger partial charge in [-0.2, -0.15) is 13.2 Å². The van der Waals surface area contributed by atoms with Crippen LogP contribution in [0.2, 0.25) is 0 Å². The number of hydrogen-bond acceptors (Lipinski definition) is 3. The molecule has 1 fully saturated rings. The van der Waals surface area contributed by atoms with E-state index in [2.05, 4.69) is 0 Å². The fraction of sp³-hybridized carbons (Fsp3) is 0.353. The fourth-order valence-corrected chi connectivity index (χ4v) is 3.07. The van der Waals surface area contributed by atoms with Crippen LogP contribution in [0.25, 0.3) is 0 Å². The van der Waals surface area contributed by atoms with Crippen molar-refractivity contribution in [2.45, 2.75) is 31.7 Å². The van der Waals surface area contributed by atoms with Gasteiger partial charge in [-0.25, -0.2) is 0 Å². The lowest BCUT2D eigenvalue weighted by molar-refractivity contribution is -0.138. The lowest BCUT2D eigenvalue weighted by Crippen LogP contribution is -2.32. The number of rotatable bonds is 2. The highest BCUT2D eigenvalue weighted by Crippen LogP contribution is 2.40. The van der Waals surface area contributed by atoms with Crippen molar-refractivity contribution in [2.24, 2.45) is 0 Å². The molecule has 0 unspecified atom stereocenters. The molecule has 2 aromatic rings. The summed E-state index contributed by atoms with van der Waals surface area (Å²) in [5.41, 5.74) is -0.810. The van der Waals surface area contributed by atoms with Crippen molar-refractivity contribution in [3.8, 4) is 0 Å². The van der Waals surface area contributed by atoms with Crippen molar-refractivity contribution in [3.05, 3.63) is 59.0 Å². The molecule has 0 bridgehead atoms. The third kappa shape index (κ3) is 3.03. The highest BCUT2D eigenvalue weighted by atomic mass is 19.4. The second kappa shape index (κ2) is 5.98.